The van der Waals surface area contributed by atoms with E-state index < -0.39 is 0 Å². The molecule has 0 aliphatic heterocycles. The van der Waals surface area contributed by atoms with E-state index in [1.807, 2.05) is 39.8 Å². The SMILES string of the molecule is C=C/C=C(\C=C)c1cc(C)nc(C)n1.CC. The Morgan fingerprint density at radius 1 is 1.19 bits per heavy atom. The van der Waals surface area contributed by atoms with Gasteiger partial charge in [-0.25, -0.2) is 9.97 Å². The largest absolute Gasteiger partial charge is 0.239 e. The van der Waals surface area contributed by atoms with Crippen LogP contribution in [0.25, 0.3) is 5.57 Å². The molecule has 0 bridgehead atoms. The summed E-state index contributed by atoms with van der Waals surface area (Å²) in [6, 6.07) is 1.93. The van der Waals surface area contributed by atoms with Crippen LogP contribution in [0.4, 0.5) is 0 Å². The summed E-state index contributed by atoms with van der Waals surface area (Å²) in [6.45, 7) is 15.2. The van der Waals surface area contributed by atoms with Gasteiger partial charge in [0, 0.05) is 5.69 Å². The molecule has 0 aliphatic carbocycles. The van der Waals surface area contributed by atoms with E-state index in [0.29, 0.717) is 0 Å². The van der Waals surface area contributed by atoms with Crippen LogP contribution in [0, 0.1) is 13.8 Å². The number of hydrogen-bond acceptors (Lipinski definition) is 2. The lowest BCUT2D eigenvalue weighted by molar-refractivity contribution is 0.999. The summed E-state index contributed by atoms with van der Waals surface area (Å²) < 4.78 is 0. The normalized spacial score (nSPS) is 10.1. The van der Waals surface area contributed by atoms with Gasteiger partial charge in [0.15, 0.2) is 0 Å². The Kier molecular flexibility index (Phi) is 6.77. The van der Waals surface area contributed by atoms with E-state index in [4.69, 9.17) is 0 Å². The number of hydrogen-bond donors (Lipinski definition) is 0. The summed E-state index contributed by atoms with van der Waals surface area (Å²) in [6.07, 6.45) is 5.38. The maximum absolute atomic E-state index is 4.33. The first-order chi connectivity index (χ1) is 7.67. The fraction of sp³-hybridized carbons (Fsp3) is 0.286. The molecular formula is C14H20N2. The number of rotatable bonds is 3. The molecule has 2 heteroatoms. The molecule has 1 heterocycles. The zero-order valence-corrected chi connectivity index (χ0v) is 10.6. The molecule has 0 aliphatic rings. The van der Waals surface area contributed by atoms with Crippen LogP contribution in [-0.2, 0) is 0 Å². The lowest BCUT2D eigenvalue weighted by atomic mass is 10.1. The van der Waals surface area contributed by atoms with Crippen molar-refractivity contribution >= 4 is 5.57 Å². The van der Waals surface area contributed by atoms with Crippen LogP contribution >= 0.6 is 0 Å². The summed E-state index contributed by atoms with van der Waals surface area (Å²) >= 11 is 0. The predicted octanol–water partition coefficient (Wildman–Crippen LogP) is 3.88. The minimum absolute atomic E-state index is 0.775. The molecule has 2 nitrogen and oxygen atoms in total. The third kappa shape index (κ3) is 4.22. The van der Waals surface area contributed by atoms with Gasteiger partial charge in [0.05, 0.1) is 5.69 Å². The van der Waals surface area contributed by atoms with Gasteiger partial charge in [-0.1, -0.05) is 45.2 Å². The zero-order chi connectivity index (χ0) is 12.6. The molecule has 1 rings (SSSR count). The molecule has 0 saturated carbocycles. The minimum Gasteiger partial charge on any atom is -0.239 e. The maximum atomic E-state index is 4.33. The summed E-state index contributed by atoms with van der Waals surface area (Å²) in [5.41, 5.74) is 2.82. The van der Waals surface area contributed by atoms with E-state index in [-0.39, 0.29) is 0 Å². The van der Waals surface area contributed by atoms with Crippen molar-refractivity contribution in [2.45, 2.75) is 27.7 Å². The summed E-state index contributed by atoms with van der Waals surface area (Å²) in [4.78, 5) is 8.54. The van der Waals surface area contributed by atoms with Crippen LogP contribution < -0.4 is 0 Å². The topological polar surface area (TPSA) is 25.8 Å². The Morgan fingerprint density at radius 3 is 2.25 bits per heavy atom. The van der Waals surface area contributed by atoms with Crippen molar-refractivity contribution in [1.82, 2.24) is 9.97 Å². The fourth-order valence-corrected chi connectivity index (χ4v) is 1.25. The lowest BCUT2D eigenvalue weighted by Crippen LogP contribution is -1.95. The van der Waals surface area contributed by atoms with Crippen molar-refractivity contribution in [3.8, 4) is 0 Å². The molecule has 0 fully saturated rings. The molecule has 0 saturated heterocycles. The predicted molar refractivity (Wildman–Crippen MR) is 71.2 cm³/mol. The summed E-state index contributed by atoms with van der Waals surface area (Å²) in [5.74, 6) is 0.775. The van der Waals surface area contributed by atoms with Crippen molar-refractivity contribution in [3.63, 3.8) is 0 Å². The maximum Gasteiger partial charge on any atom is 0.126 e. The Bertz CT molecular complexity index is 369. The third-order valence-electron chi connectivity index (χ3n) is 1.78. The highest BCUT2D eigenvalue weighted by Crippen LogP contribution is 2.13. The third-order valence-corrected chi connectivity index (χ3v) is 1.78. The Balaban J connectivity index is 0.00000106. The molecule has 0 atom stereocenters. The standard InChI is InChI=1S/C12H14N2.C2H6/c1-5-7-11(6-2)12-8-9(3)13-10(4)14-12;1-2/h5-8H,1-2H2,3-4H3;1-2H3/b11-7+;. The van der Waals surface area contributed by atoms with Gasteiger partial charge >= 0.3 is 0 Å². The molecule has 86 valence electrons. The van der Waals surface area contributed by atoms with E-state index in [9.17, 15) is 0 Å². The number of nitrogens with zero attached hydrogens (tertiary/aromatic N) is 2. The summed E-state index contributed by atoms with van der Waals surface area (Å²) in [5, 5.41) is 0. The van der Waals surface area contributed by atoms with E-state index in [1.165, 1.54) is 0 Å². The van der Waals surface area contributed by atoms with Gasteiger partial charge in [0.2, 0.25) is 0 Å². The number of allylic oxidation sites excluding steroid dienone is 4. The highest BCUT2D eigenvalue weighted by molar-refractivity contribution is 5.72. The highest BCUT2D eigenvalue weighted by atomic mass is 14.9. The molecule has 1 aromatic heterocycles. The molecule has 1 aromatic rings. The van der Waals surface area contributed by atoms with Crippen molar-refractivity contribution in [1.29, 1.82) is 0 Å². The minimum atomic E-state index is 0.775. The molecule has 0 N–H and O–H groups in total. The Hall–Kier alpha value is -1.70. The number of aromatic nitrogens is 2. The monoisotopic (exact) mass is 216 g/mol. The van der Waals surface area contributed by atoms with Gasteiger partial charge in [0.1, 0.15) is 5.82 Å². The van der Waals surface area contributed by atoms with Crippen LogP contribution in [0.2, 0.25) is 0 Å². The van der Waals surface area contributed by atoms with Crippen LogP contribution in [0.1, 0.15) is 31.1 Å². The molecule has 0 spiro atoms. The smallest absolute Gasteiger partial charge is 0.126 e. The fourth-order valence-electron chi connectivity index (χ4n) is 1.25. The van der Waals surface area contributed by atoms with Crippen molar-refractivity contribution < 1.29 is 0 Å². The van der Waals surface area contributed by atoms with Gasteiger partial charge in [0.25, 0.3) is 0 Å². The molecule has 0 amide bonds. The van der Waals surface area contributed by atoms with Crippen LogP contribution in [0.15, 0.2) is 37.5 Å². The van der Waals surface area contributed by atoms with E-state index in [1.54, 1.807) is 12.2 Å². The number of aryl methyl sites for hydroxylation is 2. The molecule has 0 aromatic carbocycles. The molecule has 0 radical (unpaired) electrons. The van der Waals surface area contributed by atoms with E-state index >= 15 is 0 Å². The average molecular weight is 216 g/mol. The molecule has 16 heavy (non-hydrogen) atoms. The van der Waals surface area contributed by atoms with Crippen molar-refractivity contribution in [2.75, 3.05) is 0 Å². The average Bonchev–Trinajstić information content (AvgIpc) is 2.27. The van der Waals surface area contributed by atoms with Gasteiger partial charge in [-0.05, 0) is 25.5 Å². The van der Waals surface area contributed by atoms with Crippen LogP contribution in [-0.4, -0.2) is 9.97 Å². The molecular weight excluding hydrogens is 196 g/mol. The zero-order valence-electron chi connectivity index (χ0n) is 10.6. The van der Waals surface area contributed by atoms with Gasteiger partial charge in [-0.2, -0.15) is 0 Å². The van der Waals surface area contributed by atoms with E-state index in [0.717, 1.165) is 22.8 Å². The van der Waals surface area contributed by atoms with Gasteiger partial charge in [-0.3, -0.25) is 0 Å². The Morgan fingerprint density at radius 2 is 1.81 bits per heavy atom. The highest BCUT2D eigenvalue weighted by Gasteiger charge is 2.00. The quantitative estimate of drug-likeness (QED) is 0.717. The van der Waals surface area contributed by atoms with Crippen molar-refractivity contribution in [3.05, 3.63) is 54.7 Å². The summed E-state index contributed by atoms with van der Waals surface area (Å²) in [7, 11) is 0. The second-order valence-electron chi connectivity index (χ2n) is 3.00. The van der Waals surface area contributed by atoms with Gasteiger partial charge < -0.3 is 0 Å². The first-order valence-corrected chi connectivity index (χ1v) is 5.45. The van der Waals surface area contributed by atoms with E-state index in [2.05, 4.69) is 23.1 Å². The molecule has 0 unspecified atom stereocenters. The first-order valence-electron chi connectivity index (χ1n) is 5.45. The lowest BCUT2D eigenvalue weighted by Gasteiger charge is -2.03. The second kappa shape index (κ2) is 7.57. The van der Waals surface area contributed by atoms with Crippen LogP contribution in [0.5, 0.6) is 0 Å². The first kappa shape index (κ1) is 14.3. The van der Waals surface area contributed by atoms with Crippen LogP contribution in [0.3, 0.4) is 0 Å². The Labute approximate surface area is 98.5 Å². The second-order valence-corrected chi connectivity index (χ2v) is 3.00. The van der Waals surface area contributed by atoms with Crippen molar-refractivity contribution in [2.24, 2.45) is 0 Å². The van der Waals surface area contributed by atoms with Gasteiger partial charge in [-0.15, -0.1) is 0 Å².